The molecule has 0 fully saturated rings. The van der Waals surface area contributed by atoms with Crippen molar-refractivity contribution < 1.29 is 9.21 Å². The lowest BCUT2D eigenvalue weighted by Gasteiger charge is -2.03. The van der Waals surface area contributed by atoms with Crippen LogP contribution >= 0.6 is 0 Å². The summed E-state index contributed by atoms with van der Waals surface area (Å²) in [5.74, 6) is 0.353. The summed E-state index contributed by atoms with van der Waals surface area (Å²) in [5.41, 5.74) is 4.81. The highest BCUT2D eigenvalue weighted by molar-refractivity contribution is 6.21. The Hall–Kier alpha value is -3.13. The number of benzene rings is 3. The minimum atomic E-state index is -0.0725. The van der Waals surface area contributed by atoms with Gasteiger partial charge in [0.2, 0.25) is 5.78 Å². The quantitative estimate of drug-likeness (QED) is 0.413. The predicted octanol–water partition coefficient (Wildman–Crippen LogP) is 5.31. The number of carbonyl (C=O) groups excluding carboxylic acids is 1. The third-order valence-electron chi connectivity index (χ3n) is 4.50. The molecule has 1 aromatic heterocycles. The van der Waals surface area contributed by atoms with Gasteiger partial charge in [-0.2, -0.15) is 0 Å². The fourth-order valence-electron chi connectivity index (χ4n) is 3.49. The fraction of sp³-hybridized carbons (Fsp3) is 0. The van der Waals surface area contributed by atoms with Gasteiger partial charge in [-0.1, -0.05) is 66.7 Å². The van der Waals surface area contributed by atoms with Gasteiger partial charge in [0, 0.05) is 16.7 Å². The molecule has 0 aliphatic heterocycles. The van der Waals surface area contributed by atoms with Gasteiger partial charge in [0.15, 0.2) is 5.76 Å². The minimum absolute atomic E-state index is 0.0725. The monoisotopic (exact) mass is 296 g/mol. The van der Waals surface area contributed by atoms with Gasteiger partial charge in [-0.15, -0.1) is 0 Å². The molecular weight excluding hydrogens is 284 g/mol. The molecule has 0 saturated carbocycles. The Kier molecular flexibility index (Phi) is 2.39. The van der Waals surface area contributed by atoms with Crippen LogP contribution in [-0.4, -0.2) is 5.78 Å². The van der Waals surface area contributed by atoms with Crippen molar-refractivity contribution in [2.24, 2.45) is 0 Å². The second kappa shape index (κ2) is 4.43. The second-order valence-electron chi connectivity index (χ2n) is 5.76. The summed E-state index contributed by atoms with van der Waals surface area (Å²) in [6, 6.07) is 21.7. The standard InChI is InChI=1S/C21H12O2/c22-20(14-6-2-1-3-7-14)21-19-16-11-5-9-13-8-4-10-15(18(13)16)17(19)12-23-21/h1-12H. The zero-order valence-electron chi connectivity index (χ0n) is 12.2. The first-order valence-corrected chi connectivity index (χ1v) is 7.58. The number of rotatable bonds is 2. The highest BCUT2D eigenvalue weighted by atomic mass is 16.3. The summed E-state index contributed by atoms with van der Waals surface area (Å²) in [5, 5.41) is 2.40. The van der Waals surface area contributed by atoms with Crippen molar-refractivity contribution in [3.8, 4) is 22.3 Å². The summed E-state index contributed by atoms with van der Waals surface area (Å²) in [7, 11) is 0. The van der Waals surface area contributed by atoms with E-state index in [4.69, 9.17) is 4.42 Å². The molecule has 0 N–H and O–H groups in total. The lowest BCUT2D eigenvalue weighted by molar-refractivity contribution is 0.101. The maximum atomic E-state index is 12.8. The molecule has 0 atom stereocenters. The third-order valence-corrected chi connectivity index (χ3v) is 4.50. The molecule has 2 heteroatoms. The van der Waals surface area contributed by atoms with Crippen molar-refractivity contribution >= 4 is 16.6 Å². The van der Waals surface area contributed by atoms with Gasteiger partial charge in [-0.05, 0) is 21.9 Å². The predicted molar refractivity (Wildman–Crippen MR) is 90.5 cm³/mol. The molecule has 0 radical (unpaired) electrons. The largest absolute Gasteiger partial charge is 0.460 e. The van der Waals surface area contributed by atoms with E-state index in [1.54, 1.807) is 6.26 Å². The summed E-state index contributed by atoms with van der Waals surface area (Å²) in [6.07, 6.45) is 1.71. The maximum absolute atomic E-state index is 12.8. The van der Waals surface area contributed by atoms with Crippen LogP contribution in [0, 0.1) is 0 Å². The van der Waals surface area contributed by atoms with Gasteiger partial charge in [0.25, 0.3) is 0 Å². The zero-order valence-corrected chi connectivity index (χ0v) is 12.2. The first-order valence-electron chi connectivity index (χ1n) is 7.58. The average molecular weight is 296 g/mol. The maximum Gasteiger partial charge on any atom is 0.228 e. The number of furan rings is 1. The van der Waals surface area contributed by atoms with E-state index >= 15 is 0 Å². The molecule has 4 aromatic rings. The molecule has 5 rings (SSSR count). The van der Waals surface area contributed by atoms with Crippen molar-refractivity contribution in [3.63, 3.8) is 0 Å². The summed E-state index contributed by atoms with van der Waals surface area (Å²) < 4.78 is 5.69. The molecule has 3 aromatic carbocycles. The summed E-state index contributed by atoms with van der Waals surface area (Å²) in [4.78, 5) is 12.8. The molecule has 0 amide bonds. The molecular formula is C21H12O2. The van der Waals surface area contributed by atoms with E-state index in [2.05, 4.69) is 24.3 Å². The van der Waals surface area contributed by atoms with E-state index in [9.17, 15) is 4.79 Å². The van der Waals surface area contributed by atoms with Crippen molar-refractivity contribution in [3.05, 3.63) is 84.3 Å². The van der Waals surface area contributed by atoms with E-state index in [1.807, 2.05) is 42.5 Å². The highest BCUT2D eigenvalue weighted by Gasteiger charge is 2.30. The van der Waals surface area contributed by atoms with E-state index < -0.39 is 0 Å². The van der Waals surface area contributed by atoms with Gasteiger partial charge < -0.3 is 4.42 Å². The first-order chi connectivity index (χ1) is 11.3. The highest BCUT2D eigenvalue weighted by Crippen LogP contribution is 2.49. The summed E-state index contributed by atoms with van der Waals surface area (Å²) >= 11 is 0. The fourth-order valence-corrected chi connectivity index (χ4v) is 3.49. The van der Waals surface area contributed by atoms with Crippen molar-refractivity contribution in [1.29, 1.82) is 0 Å². The van der Waals surface area contributed by atoms with Crippen molar-refractivity contribution in [1.82, 2.24) is 0 Å². The molecule has 0 unspecified atom stereocenters. The van der Waals surface area contributed by atoms with Gasteiger partial charge in [-0.25, -0.2) is 0 Å². The van der Waals surface area contributed by atoms with Crippen LogP contribution in [0.3, 0.4) is 0 Å². The van der Waals surface area contributed by atoms with Gasteiger partial charge in [0.1, 0.15) is 0 Å². The zero-order chi connectivity index (χ0) is 15.4. The Bertz CT molecular complexity index is 1070. The van der Waals surface area contributed by atoms with E-state index in [-0.39, 0.29) is 5.78 Å². The van der Waals surface area contributed by atoms with Crippen LogP contribution in [0.15, 0.2) is 77.4 Å². The van der Waals surface area contributed by atoms with Crippen molar-refractivity contribution in [2.45, 2.75) is 0 Å². The van der Waals surface area contributed by atoms with E-state index in [0.29, 0.717) is 11.3 Å². The molecule has 108 valence electrons. The molecule has 1 heterocycles. The van der Waals surface area contributed by atoms with Crippen LogP contribution in [0.1, 0.15) is 16.1 Å². The van der Waals surface area contributed by atoms with Crippen LogP contribution in [0.25, 0.3) is 33.0 Å². The molecule has 0 bridgehead atoms. The van der Waals surface area contributed by atoms with Crippen LogP contribution in [0.2, 0.25) is 0 Å². The lowest BCUT2D eigenvalue weighted by atomic mass is 10.0. The normalized spacial score (nSPS) is 11.7. The number of hydrogen-bond donors (Lipinski definition) is 0. The number of hydrogen-bond acceptors (Lipinski definition) is 2. The van der Waals surface area contributed by atoms with E-state index in [0.717, 1.165) is 22.3 Å². The van der Waals surface area contributed by atoms with Gasteiger partial charge in [-0.3, -0.25) is 4.79 Å². The Morgan fingerprint density at radius 1 is 0.739 bits per heavy atom. The number of carbonyl (C=O) groups is 1. The Labute approximate surface area is 133 Å². The molecule has 1 aliphatic carbocycles. The SMILES string of the molecule is O=C(c1ccccc1)c1occ2c1-c1cccc3cccc-2c13. The average Bonchev–Trinajstić information content (AvgIpc) is 3.17. The Morgan fingerprint density at radius 3 is 2.26 bits per heavy atom. The minimum Gasteiger partial charge on any atom is -0.460 e. The molecule has 23 heavy (non-hydrogen) atoms. The first kappa shape index (κ1) is 12.4. The molecule has 0 saturated heterocycles. The van der Waals surface area contributed by atoms with Gasteiger partial charge in [0.05, 0.1) is 6.26 Å². The smallest absolute Gasteiger partial charge is 0.228 e. The molecule has 2 nitrogen and oxygen atoms in total. The van der Waals surface area contributed by atoms with Crippen LogP contribution in [0.5, 0.6) is 0 Å². The second-order valence-corrected chi connectivity index (χ2v) is 5.76. The summed E-state index contributed by atoms with van der Waals surface area (Å²) in [6.45, 7) is 0. The van der Waals surface area contributed by atoms with Crippen LogP contribution < -0.4 is 0 Å². The molecule has 1 aliphatic rings. The lowest BCUT2D eigenvalue weighted by Crippen LogP contribution is -2.00. The molecule has 0 spiro atoms. The number of ketones is 1. The Morgan fingerprint density at radius 2 is 1.48 bits per heavy atom. The third kappa shape index (κ3) is 1.60. The van der Waals surface area contributed by atoms with E-state index in [1.165, 1.54) is 10.8 Å². The van der Waals surface area contributed by atoms with Gasteiger partial charge >= 0.3 is 0 Å². The Balaban J connectivity index is 1.78. The number of fused-ring (bicyclic) bond motifs is 3. The topological polar surface area (TPSA) is 30.2 Å². The van der Waals surface area contributed by atoms with Crippen LogP contribution in [-0.2, 0) is 0 Å². The van der Waals surface area contributed by atoms with Crippen molar-refractivity contribution in [2.75, 3.05) is 0 Å². The van der Waals surface area contributed by atoms with Crippen LogP contribution in [0.4, 0.5) is 0 Å².